The van der Waals surface area contributed by atoms with Gasteiger partial charge in [0.2, 0.25) is 0 Å². The van der Waals surface area contributed by atoms with Crippen molar-refractivity contribution < 1.29 is 32.7 Å². The van der Waals surface area contributed by atoms with Crippen molar-refractivity contribution in [2.75, 3.05) is 44.3 Å². The molecule has 3 heterocycles. The van der Waals surface area contributed by atoms with Crippen molar-refractivity contribution in [3.8, 4) is 11.5 Å². The second-order valence-electron chi connectivity index (χ2n) is 9.52. The fraction of sp³-hybridized carbons (Fsp3) is 0.345. The lowest BCUT2D eigenvalue weighted by molar-refractivity contribution is -0.121. The number of piperidine rings is 1. The van der Waals surface area contributed by atoms with E-state index in [1.54, 1.807) is 30.3 Å². The number of nitrogens with one attached hydrogen (secondary N) is 1. The number of amides is 2. The molecule has 0 spiro atoms. The van der Waals surface area contributed by atoms with Crippen molar-refractivity contribution in [1.82, 2.24) is 10.2 Å². The number of hydrogen-bond acceptors (Lipinski definition) is 7. The molecular formula is C29H30FN3O6. The highest BCUT2D eigenvalue weighted by Crippen LogP contribution is 2.34. The summed E-state index contributed by atoms with van der Waals surface area (Å²) < 4.78 is 30.4. The first-order valence-corrected chi connectivity index (χ1v) is 13.0. The number of halogens is 1. The van der Waals surface area contributed by atoms with Crippen LogP contribution in [0.1, 0.15) is 45.9 Å². The van der Waals surface area contributed by atoms with Crippen molar-refractivity contribution in [1.29, 1.82) is 0 Å². The molecule has 2 aliphatic heterocycles. The van der Waals surface area contributed by atoms with Gasteiger partial charge in [-0.05, 0) is 68.4 Å². The maximum Gasteiger partial charge on any atom is 0.287 e. The minimum atomic E-state index is -0.561. The second-order valence-corrected chi connectivity index (χ2v) is 9.52. The molecule has 0 atom stereocenters. The monoisotopic (exact) mass is 535 g/mol. The molecule has 2 amide bonds. The van der Waals surface area contributed by atoms with E-state index in [1.807, 2.05) is 0 Å². The number of ketones is 1. The molecule has 1 aromatic heterocycles. The van der Waals surface area contributed by atoms with E-state index in [2.05, 4.69) is 10.2 Å². The molecule has 39 heavy (non-hydrogen) atoms. The second kappa shape index (κ2) is 12.1. The van der Waals surface area contributed by atoms with E-state index in [0.29, 0.717) is 23.7 Å². The maximum absolute atomic E-state index is 13.8. The normalized spacial score (nSPS) is 15.4. The summed E-state index contributed by atoms with van der Waals surface area (Å²) in [5.74, 6) is -0.587. The zero-order chi connectivity index (χ0) is 27.2. The van der Waals surface area contributed by atoms with Gasteiger partial charge in [0.05, 0.1) is 12.2 Å². The first-order chi connectivity index (χ1) is 19.0. The minimum absolute atomic E-state index is 0.0203. The number of anilines is 1. The van der Waals surface area contributed by atoms with Crippen LogP contribution in [-0.4, -0.2) is 61.9 Å². The van der Waals surface area contributed by atoms with E-state index in [0.717, 1.165) is 19.6 Å². The van der Waals surface area contributed by atoms with Gasteiger partial charge in [0.15, 0.2) is 36.3 Å². The number of carbonyl (C=O) groups excluding carboxylic acids is 3. The minimum Gasteiger partial charge on any atom is -0.482 e. The highest BCUT2D eigenvalue weighted by Gasteiger charge is 2.28. The van der Waals surface area contributed by atoms with E-state index < -0.39 is 5.82 Å². The Kier molecular flexibility index (Phi) is 8.21. The molecule has 2 aliphatic rings. The van der Waals surface area contributed by atoms with Crippen LogP contribution in [0.4, 0.5) is 10.1 Å². The largest absolute Gasteiger partial charge is 0.482 e. The third-order valence-electron chi connectivity index (χ3n) is 6.78. The Morgan fingerprint density at radius 1 is 1.03 bits per heavy atom. The van der Waals surface area contributed by atoms with Crippen LogP contribution in [-0.2, 0) is 11.3 Å². The molecule has 2 aromatic carbocycles. The number of rotatable bonds is 10. The molecule has 1 saturated heterocycles. The van der Waals surface area contributed by atoms with Crippen LogP contribution in [0.3, 0.4) is 0 Å². The van der Waals surface area contributed by atoms with E-state index >= 15 is 0 Å². The van der Waals surface area contributed by atoms with Gasteiger partial charge in [0.1, 0.15) is 11.5 Å². The fourth-order valence-corrected chi connectivity index (χ4v) is 4.68. The molecule has 1 fully saturated rings. The number of nitrogens with zero attached hydrogens (tertiary/aromatic N) is 2. The van der Waals surface area contributed by atoms with Gasteiger partial charge in [-0.1, -0.05) is 18.6 Å². The van der Waals surface area contributed by atoms with Gasteiger partial charge in [-0.3, -0.25) is 19.3 Å². The summed E-state index contributed by atoms with van der Waals surface area (Å²) in [5.41, 5.74) is 0.675. The van der Waals surface area contributed by atoms with E-state index in [1.165, 1.54) is 48.4 Å². The van der Waals surface area contributed by atoms with Crippen LogP contribution in [0, 0.1) is 5.82 Å². The Morgan fingerprint density at radius 2 is 1.85 bits per heavy atom. The number of furan rings is 1. The van der Waals surface area contributed by atoms with Gasteiger partial charge in [-0.2, -0.15) is 0 Å². The van der Waals surface area contributed by atoms with Crippen LogP contribution in [0.2, 0.25) is 0 Å². The Labute approximate surface area is 225 Å². The molecule has 0 unspecified atom stereocenters. The molecule has 0 saturated carbocycles. The number of benzene rings is 2. The summed E-state index contributed by atoms with van der Waals surface area (Å²) in [5, 5.41) is 2.89. The maximum atomic E-state index is 13.8. The summed E-state index contributed by atoms with van der Waals surface area (Å²) in [6.45, 7) is 2.96. The van der Waals surface area contributed by atoms with Gasteiger partial charge >= 0.3 is 0 Å². The van der Waals surface area contributed by atoms with Crippen molar-refractivity contribution >= 4 is 23.3 Å². The lowest BCUT2D eigenvalue weighted by Crippen LogP contribution is -2.38. The number of likely N-dealkylation sites (tertiary alicyclic amines) is 1. The number of ether oxygens (including phenoxy) is 2. The third-order valence-corrected chi connectivity index (χ3v) is 6.78. The lowest BCUT2D eigenvalue weighted by atomic mass is 10.1. The molecule has 0 aliphatic carbocycles. The molecule has 0 radical (unpaired) electrons. The predicted octanol–water partition coefficient (Wildman–Crippen LogP) is 3.82. The van der Waals surface area contributed by atoms with Gasteiger partial charge < -0.3 is 24.1 Å². The van der Waals surface area contributed by atoms with Crippen LogP contribution < -0.4 is 19.7 Å². The smallest absolute Gasteiger partial charge is 0.287 e. The van der Waals surface area contributed by atoms with Crippen molar-refractivity contribution in [2.24, 2.45) is 0 Å². The lowest BCUT2D eigenvalue weighted by Gasteiger charge is -2.29. The first kappa shape index (κ1) is 26.4. The van der Waals surface area contributed by atoms with Crippen LogP contribution in [0.15, 0.2) is 59.0 Å². The zero-order valence-corrected chi connectivity index (χ0v) is 21.5. The molecule has 1 N–H and O–H groups in total. The quantitative estimate of drug-likeness (QED) is 0.394. The summed E-state index contributed by atoms with van der Waals surface area (Å²) >= 11 is 0. The van der Waals surface area contributed by atoms with Crippen molar-refractivity contribution in [2.45, 2.75) is 25.8 Å². The van der Waals surface area contributed by atoms with Crippen molar-refractivity contribution in [3.05, 3.63) is 77.5 Å². The Hall–Kier alpha value is -4.18. The molecular weight excluding hydrogens is 505 g/mol. The molecule has 10 heteroatoms. The Balaban J connectivity index is 1.22. The van der Waals surface area contributed by atoms with E-state index in [-0.39, 0.29) is 54.4 Å². The van der Waals surface area contributed by atoms with Crippen LogP contribution in [0.5, 0.6) is 11.5 Å². The summed E-state index contributed by atoms with van der Waals surface area (Å²) in [6.07, 6.45) is 3.64. The molecule has 3 aromatic rings. The van der Waals surface area contributed by atoms with Crippen molar-refractivity contribution in [3.63, 3.8) is 0 Å². The predicted molar refractivity (Wildman–Crippen MR) is 141 cm³/mol. The molecule has 9 nitrogen and oxygen atoms in total. The average molecular weight is 536 g/mol. The average Bonchev–Trinajstić information content (AvgIpc) is 3.43. The molecule has 0 bridgehead atoms. The highest BCUT2D eigenvalue weighted by atomic mass is 19.1. The number of fused-ring (bicyclic) bond motifs is 1. The number of hydrogen-bond donors (Lipinski definition) is 1. The zero-order valence-electron chi connectivity index (χ0n) is 21.5. The topological polar surface area (TPSA) is 101 Å². The van der Waals surface area contributed by atoms with Crippen LogP contribution >= 0.6 is 0 Å². The SMILES string of the molecule is O=C(COc1ccccc1F)c1ccc2c(c1)N(Cc1ccc(C(=O)NCCN3CCCCC3)o1)C(=O)CO2. The van der Waals surface area contributed by atoms with Gasteiger partial charge in [-0.15, -0.1) is 0 Å². The van der Waals surface area contributed by atoms with Gasteiger partial charge in [0, 0.05) is 18.7 Å². The van der Waals surface area contributed by atoms with Gasteiger partial charge in [-0.25, -0.2) is 4.39 Å². The number of carbonyl (C=O) groups is 3. The number of para-hydroxylation sites is 1. The highest BCUT2D eigenvalue weighted by molar-refractivity contribution is 6.02. The van der Waals surface area contributed by atoms with Gasteiger partial charge in [0.25, 0.3) is 11.8 Å². The summed E-state index contributed by atoms with van der Waals surface area (Å²) in [7, 11) is 0. The Morgan fingerprint density at radius 3 is 2.67 bits per heavy atom. The molecule has 204 valence electrons. The molecule has 5 rings (SSSR count). The number of Topliss-reactive ketones (excluding diaryl/α,β-unsaturated/α-hetero) is 1. The summed E-state index contributed by atoms with van der Waals surface area (Å²) in [6, 6.07) is 13.8. The third kappa shape index (κ3) is 6.46. The van der Waals surface area contributed by atoms with E-state index in [4.69, 9.17) is 13.9 Å². The Bertz CT molecular complexity index is 1350. The summed E-state index contributed by atoms with van der Waals surface area (Å²) in [4.78, 5) is 41.9. The first-order valence-electron chi connectivity index (χ1n) is 13.0. The fourth-order valence-electron chi connectivity index (χ4n) is 4.68. The van der Waals surface area contributed by atoms with E-state index in [9.17, 15) is 18.8 Å². The van der Waals surface area contributed by atoms with Crippen LogP contribution in [0.25, 0.3) is 0 Å². The standard InChI is InChI=1S/C29H30FN3O6/c30-22-6-2-3-7-25(22)37-18-24(34)20-8-10-26-23(16-20)33(28(35)19-38-26)17-21-9-11-27(39-21)29(36)31-12-15-32-13-4-1-5-14-32/h2-3,6-11,16H,1,4-5,12-15,17-19H2,(H,31,36).